The van der Waals surface area contributed by atoms with Crippen LogP contribution in [0.3, 0.4) is 0 Å². The molecule has 0 saturated carbocycles. The molecule has 0 atom stereocenters. The summed E-state index contributed by atoms with van der Waals surface area (Å²) in [6.07, 6.45) is 2.60. The molecule has 0 radical (unpaired) electrons. The average Bonchev–Trinajstić information content (AvgIpc) is 2.46. The highest BCUT2D eigenvalue weighted by Gasteiger charge is 2.21. The number of esters is 1. The molecular formula is C14H12ClNO4S. The van der Waals surface area contributed by atoms with Gasteiger partial charge in [-0.25, -0.2) is 13.2 Å². The van der Waals surface area contributed by atoms with Gasteiger partial charge in [0, 0.05) is 18.0 Å². The molecule has 0 fully saturated rings. The number of nitrogens with zero attached hydrogens (tertiary/aromatic N) is 1. The number of benzene rings is 1. The van der Waals surface area contributed by atoms with Crippen LogP contribution in [0.1, 0.15) is 10.4 Å². The van der Waals surface area contributed by atoms with Crippen LogP contribution in [0.4, 0.5) is 0 Å². The van der Waals surface area contributed by atoms with Gasteiger partial charge < -0.3 is 4.74 Å². The third-order valence-corrected chi connectivity index (χ3v) is 4.26. The maximum Gasteiger partial charge on any atom is 0.339 e. The van der Waals surface area contributed by atoms with Gasteiger partial charge in [0.2, 0.25) is 0 Å². The normalized spacial score (nSPS) is 11.2. The van der Waals surface area contributed by atoms with Crippen LogP contribution in [0, 0.1) is 0 Å². The summed E-state index contributed by atoms with van der Waals surface area (Å²) in [6.45, 7) is 0. The number of pyridine rings is 1. The Hall–Kier alpha value is -1.92. The topological polar surface area (TPSA) is 73.3 Å². The number of ether oxygens (including phenoxy) is 1. The molecule has 1 aromatic heterocycles. The van der Waals surface area contributed by atoms with Gasteiger partial charge >= 0.3 is 5.97 Å². The molecule has 1 heterocycles. The highest BCUT2D eigenvalue weighted by atomic mass is 35.5. The van der Waals surface area contributed by atoms with Gasteiger partial charge in [0.05, 0.1) is 28.3 Å². The number of methoxy groups -OCH3 is 1. The second kappa shape index (κ2) is 5.83. The lowest BCUT2D eigenvalue weighted by atomic mass is 10.1. The van der Waals surface area contributed by atoms with Gasteiger partial charge in [0.1, 0.15) is 0 Å². The molecule has 0 spiro atoms. The van der Waals surface area contributed by atoms with E-state index >= 15 is 0 Å². The summed E-state index contributed by atoms with van der Waals surface area (Å²) in [5.74, 6) is -0.697. The molecule has 2 aromatic rings. The van der Waals surface area contributed by atoms with Crippen molar-refractivity contribution in [2.45, 2.75) is 4.90 Å². The van der Waals surface area contributed by atoms with E-state index in [0.29, 0.717) is 11.3 Å². The first-order chi connectivity index (χ1) is 9.84. The quantitative estimate of drug-likeness (QED) is 0.811. The summed E-state index contributed by atoms with van der Waals surface area (Å²) < 4.78 is 28.6. The SMILES string of the molecule is COC(=O)c1cc(S(C)(=O)=O)c(-c2ccccn2)cc1Cl. The minimum Gasteiger partial charge on any atom is -0.465 e. The number of hydrogen-bond acceptors (Lipinski definition) is 5. The molecule has 0 saturated heterocycles. The van der Waals surface area contributed by atoms with Crippen LogP contribution in [-0.2, 0) is 14.6 Å². The molecule has 0 aliphatic heterocycles. The third-order valence-electron chi connectivity index (χ3n) is 2.81. The molecule has 0 bridgehead atoms. The standard InChI is InChI=1S/C14H12ClNO4S/c1-20-14(17)9-8-13(21(2,18)19)10(7-11(9)15)12-5-3-4-6-16-12/h3-8H,1-2H3. The van der Waals surface area contributed by atoms with Crippen LogP contribution >= 0.6 is 11.6 Å². The van der Waals surface area contributed by atoms with E-state index in [-0.39, 0.29) is 15.5 Å². The largest absolute Gasteiger partial charge is 0.465 e. The zero-order valence-electron chi connectivity index (χ0n) is 11.3. The molecular weight excluding hydrogens is 314 g/mol. The van der Waals surface area contributed by atoms with Crippen molar-refractivity contribution in [2.75, 3.05) is 13.4 Å². The van der Waals surface area contributed by atoms with Crippen molar-refractivity contribution >= 4 is 27.4 Å². The van der Waals surface area contributed by atoms with Crippen molar-refractivity contribution in [2.24, 2.45) is 0 Å². The molecule has 7 heteroatoms. The van der Waals surface area contributed by atoms with Crippen molar-refractivity contribution < 1.29 is 17.9 Å². The highest BCUT2D eigenvalue weighted by molar-refractivity contribution is 7.90. The monoisotopic (exact) mass is 325 g/mol. The van der Waals surface area contributed by atoms with Gasteiger partial charge in [-0.15, -0.1) is 0 Å². The average molecular weight is 326 g/mol. The lowest BCUT2D eigenvalue weighted by molar-refractivity contribution is 0.0600. The lowest BCUT2D eigenvalue weighted by Gasteiger charge is -2.11. The van der Waals surface area contributed by atoms with E-state index < -0.39 is 15.8 Å². The molecule has 21 heavy (non-hydrogen) atoms. The molecule has 0 aliphatic rings. The van der Waals surface area contributed by atoms with Crippen LogP contribution in [0.5, 0.6) is 0 Å². The molecule has 110 valence electrons. The smallest absolute Gasteiger partial charge is 0.339 e. The predicted molar refractivity (Wildman–Crippen MR) is 79.1 cm³/mol. The Morgan fingerprint density at radius 1 is 1.29 bits per heavy atom. The molecule has 0 aliphatic carbocycles. The minimum atomic E-state index is -3.57. The van der Waals surface area contributed by atoms with Gasteiger partial charge in [-0.05, 0) is 24.3 Å². The summed E-state index contributed by atoms with van der Waals surface area (Å²) in [5.41, 5.74) is 0.797. The maximum absolute atomic E-state index is 12.0. The number of carbonyl (C=O) groups excluding carboxylic acids is 1. The zero-order chi connectivity index (χ0) is 15.6. The summed E-state index contributed by atoms with van der Waals surface area (Å²) in [7, 11) is -2.37. The van der Waals surface area contributed by atoms with Crippen molar-refractivity contribution in [3.05, 3.63) is 47.1 Å². The van der Waals surface area contributed by atoms with Gasteiger partial charge in [0.25, 0.3) is 0 Å². The van der Waals surface area contributed by atoms with E-state index in [4.69, 9.17) is 11.6 Å². The summed E-state index contributed by atoms with van der Waals surface area (Å²) in [4.78, 5) is 15.7. The Morgan fingerprint density at radius 3 is 2.52 bits per heavy atom. The van der Waals surface area contributed by atoms with Crippen molar-refractivity contribution in [3.8, 4) is 11.3 Å². The number of hydrogen-bond donors (Lipinski definition) is 0. The van der Waals surface area contributed by atoms with Crippen LogP contribution in [0.2, 0.25) is 5.02 Å². The van der Waals surface area contributed by atoms with Crippen molar-refractivity contribution in [3.63, 3.8) is 0 Å². The van der Waals surface area contributed by atoms with E-state index in [0.717, 1.165) is 6.26 Å². The Balaban J connectivity index is 2.77. The maximum atomic E-state index is 12.0. The van der Waals surface area contributed by atoms with Crippen LogP contribution in [0.15, 0.2) is 41.4 Å². The van der Waals surface area contributed by atoms with Crippen molar-refractivity contribution in [1.82, 2.24) is 4.98 Å². The lowest BCUT2D eigenvalue weighted by Crippen LogP contribution is -2.07. The summed E-state index contributed by atoms with van der Waals surface area (Å²) >= 11 is 6.05. The first-order valence-electron chi connectivity index (χ1n) is 5.88. The van der Waals surface area contributed by atoms with Gasteiger partial charge in [-0.2, -0.15) is 0 Å². The first-order valence-corrected chi connectivity index (χ1v) is 8.15. The van der Waals surface area contributed by atoms with Gasteiger partial charge in [0.15, 0.2) is 9.84 Å². The van der Waals surface area contributed by atoms with E-state index in [1.807, 2.05) is 0 Å². The highest BCUT2D eigenvalue weighted by Crippen LogP contribution is 2.32. The minimum absolute atomic E-state index is 0.000673. The number of rotatable bonds is 3. The fourth-order valence-electron chi connectivity index (χ4n) is 1.85. The number of aromatic nitrogens is 1. The zero-order valence-corrected chi connectivity index (χ0v) is 12.9. The number of halogens is 1. The van der Waals surface area contributed by atoms with Crippen LogP contribution in [-0.4, -0.2) is 32.7 Å². The molecule has 5 nitrogen and oxygen atoms in total. The predicted octanol–water partition coefficient (Wildman–Crippen LogP) is 2.59. The Labute approximate surface area is 127 Å². The Morgan fingerprint density at radius 2 is 2.00 bits per heavy atom. The Bertz CT molecular complexity index is 788. The molecule has 0 N–H and O–H groups in total. The molecule has 0 unspecified atom stereocenters. The fraction of sp³-hybridized carbons (Fsp3) is 0.143. The fourth-order valence-corrected chi connectivity index (χ4v) is 2.98. The van der Waals surface area contributed by atoms with Gasteiger partial charge in [-0.3, -0.25) is 4.98 Å². The van der Waals surface area contributed by atoms with E-state index in [1.54, 1.807) is 24.4 Å². The number of carbonyl (C=O) groups is 1. The van der Waals surface area contributed by atoms with Crippen LogP contribution < -0.4 is 0 Å². The summed E-state index contributed by atoms with van der Waals surface area (Å²) in [6, 6.07) is 7.74. The molecule has 0 amide bonds. The van der Waals surface area contributed by atoms with Crippen molar-refractivity contribution in [1.29, 1.82) is 0 Å². The second-order valence-electron chi connectivity index (χ2n) is 4.31. The van der Waals surface area contributed by atoms with E-state index in [2.05, 4.69) is 9.72 Å². The third kappa shape index (κ3) is 3.22. The van der Waals surface area contributed by atoms with E-state index in [9.17, 15) is 13.2 Å². The van der Waals surface area contributed by atoms with Crippen LogP contribution in [0.25, 0.3) is 11.3 Å². The first kappa shape index (κ1) is 15.5. The summed E-state index contributed by atoms with van der Waals surface area (Å²) in [5, 5.41) is 0.106. The second-order valence-corrected chi connectivity index (χ2v) is 6.70. The van der Waals surface area contributed by atoms with Gasteiger partial charge in [-0.1, -0.05) is 17.7 Å². The van der Waals surface area contributed by atoms with E-state index in [1.165, 1.54) is 19.2 Å². The molecule has 1 aromatic carbocycles. The Kier molecular flexibility index (Phi) is 4.29. The number of sulfone groups is 1. The molecule has 2 rings (SSSR count).